The number of fused-ring (bicyclic) bond motifs is 3. The number of ether oxygens (including phenoxy) is 2. The number of nitrogens with zero attached hydrogens (tertiary/aromatic N) is 3. The van der Waals surface area contributed by atoms with Crippen molar-refractivity contribution >= 4 is 28.2 Å². The first-order chi connectivity index (χ1) is 12.7. The van der Waals surface area contributed by atoms with Gasteiger partial charge in [-0.3, -0.25) is 4.79 Å². The van der Waals surface area contributed by atoms with E-state index in [1.165, 1.54) is 11.0 Å². The molecule has 0 fully saturated rings. The molecule has 2 aromatic carbocycles. The molecular formula is C19H16N4O3. The van der Waals surface area contributed by atoms with Crippen LogP contribution in [0.5, 0.6) is 11.5 Å². The zero-order valence-corrected chi connectivity index (χ0v) is 14.3. The van der Waals surface area contributed by atoms with E-state index in [1.54, 1.807) is 32.6 Å². The quantitative estimate of drug-likeness (QED) is 0.575. The Hall–Kier alpha value is -3.61. The Bertz CT molecular complexity index is 1190. The van der Waals surface area contributed by atoms with Crippen LogP contribution in [0.4, 0.5) is 0 Å². The van der Waals surface area contributed by atoms with Crippen molar-refractivity contribution in [3.05, 3.63) is 64.7 Å². The number of rotatable bonds is 4. The van der Waals surface area contributed by atoms with Gasteiger partial charge in [-0.25, -0.2) is 4.98 Å². The maximum atomic E-state index is 12.7. The summed E-state index contributed by atoms with van der Waals surface area (Å²) >= 11 is 0. The van der Waals surface area contributed by atoms with Crippen LogP contribution in [0, 0.1) is 0 Å². The minimum Gasteiger partial charge on any atom is -0.493 e. The number of para-hydroxylation sites is 1. The summed E-state index contributed by atoms with van der Waals surface area (Å²) < 4.78 is 11.7. The van der Waals surface area contributed by atoms with Gasteiger partial charge in [0.15, 0.2) is 11.5 Å². The molecule has 2 heterocycles. The zero-order chi connectivity index (χ0) is 18.1. The van der Waals surface area contributed by atoms with Gasteiger partial charge in [-0.1, -0.05) is 18.2 Å². The Balaban J connectivity index is 1.75. The lowest BCUT2D eigenvalue weighted by molar-refractivity contribution is 0.355. The summed E-state index contributed by atoms with van der Waals surface area (Å²) in [5.74, 6) is 1.22. The lowest BCUT2D eigenvalue weighted by Crippen LogP contribution is -2.17. The maximum absolute atomic E-state index is 12.7. The average Bonchev–Trinajstić information content (AvgIpc) is 3.07. The fourth-order valence-electron chi connectivity index (χ4n) is 2.84. The summed E-state index contributed by atoms with van der Waals surface area (Å²) in [6, 6.07) is 13.0. The molecule has 0 saturated heterocycles. The van der Waals surface area contributed by atoms with E-state index in [0.29, 0.717) is 22.5 Å². The lowest BCUT2D eigenvalue weighted by atomic mass is 10.2. The first-order valence-corrected chi connectivity index (χ1v) is 7.95. The van der Waals surface area contributed by atoms with E-state index >= 15 is 0 Å². The molecule has 0 bridgehead atoms. The number of nitrogens with one attached hydrogen (secondary N) is 1. The predicted octanol–water partition coefficient (Wildman–Crippen LogP) is 2.78. The van der Waals surface area contributed by atoms with E-state index in [0.717, 1.165) is 16.5 Å². The molecule has 0 aliphatic carbocycles. The van der Waals surface area contributed by atoms with Gasteiger partial charge in [0.1, 0.15) is 17.4 Å². The minimum absolute atomic E-state index is 0.261. The van der Waals surface area contributed by atoms with Gasteiger partial charge in [0.05, 0.1) is 20.4 Å². The Kier molecular flexibility index (Phi) is 3.89. The zero-order valence-electron chi connectivity index (χ0n) is 14.3. The molecule has 0 aliphatic heterocycles. The second-order valence-corrected chi connectivity index (χ2v) is 5.65. The van der Waals surface area contributed by atoms with E-state index in [-0.39, 0.29) is 5.56 Å². The lowest BCUT2D eigenvalue weighted by Gasteiger charge is -2.07. The van der Waals surface area contributed by atoms with Crippen LogP contribution in [0.3, 0.4) is 0 Å². The Morgan fingerprint density at radius 2 is 1.92 bits per heavy atom. The highest BCUT2D eigenvalue weighted by Crippen LogP contribution is 2.27. The number of hydrogen-bond donors (Lipinski definition) is 1. The second-order valence-electron chi connectivity index (χ2n) is 5.65. The van der Waals surface area contributed by atoms with Gasteiger partial charge >= 0.3 is 0 Å². The van der Waals surface area contributed by atoms with E-state index in [1.807, 2.05) is 30.3 Å². The van der Waals surface area contributed by atoms with Crippen LogP contribution in [0.2, 0.25) is 0 Å². The summed E-state index contributed by atoms with van der Waals surface area (Å²) in [6.45, 7) is 0. The van der Waals surface area contributed by atoms with Crippen molar-refractivity contribution in [2.45, 2.75) is 0 Å². The molecule has 0 radical (unpaired) electrons. The van der Waals surface area contributed by atoms with Crippen molar-refractivity contribution in [2.75, 3.05) is 14.2 Å². The summed E-state index contributed by atoms with van der Waals surface area (Å²) in [7, 11) is 3.14. The van der Waals surface area contributed by atoms with Crippen molar-refractivity contribution in [1.82, 2.24) is 14.6 Å². The van der Waals surface area contributed by atoms with Crippen molar-refractivity contribution in [2.24, 2.45) is 5.10 Å². The molecule has 7 nitrogen and oxygen atoms in total. The van der Waals surface area contributed by atoms with Crippen LogP contribution in [0.25, 0.3) is 21.9 Å². The van der Waals surface area contributed by atoms with Gasteiger partial charge in [-0.05, 0) is 29.8 Å². The third-order valence-electron chi connectivity index (χ3n) is 4.14. The first kappa shape index (κ1) is 15.9. The van der Waals surface area contributed by atoms with Gasteiger partial charge in [-0.2, -0.15) is 9.78 Å². The average molecular weight is 348 g/mol. The third-order valence-corrected chi connectivity index (χ3v) is 4.14. The first-order valence-electron chi connectivity index (χ1n) is 7.95. The topological polar surface area (TPSA) is 81.5 Å². The highest BCUT2D eigenvalue weighted by molar-refractivity contribution is 6.04. The van der Waals surface area contributed by atoms with E-state index in [2.05, 4.69) is 15.1 Å². The van der Waals surface area contributed by atoms with Crippen LogP contribution in [0.15, 0.2) is 58.7 Å². The van der Waals surface area contributed by atoms with Gasteiger partial charge < -0.3 is 14.5 Å². The monoisotopic (exact) mass is 348 g/mol. The molecule has 0 aliphatic rings. The highest BCUT2D eigenvalue weighted by atomic mass is 16.5. The standard InChI is InChI=1S/C19H16N4O3/c1-25-15-8-7-12(9-16(15)26-2)10-21-23-11-20-17-13-5-3-4-6-14(13)22-18(17)19(23)24/h3-11,22H,1-2H3. The molecule has 130 valence electrons. The Morgan fingerprint density at radius 3 is 2.73 bits per heavy atom. The molecule has 0 amide bonds. The fraction of sp³-hybridized carbons (Fsp3) is 0.105. The molecule has 4 aromatic rings. The summed E-state index contributed by atoms with van der Waals surface area (Å²) in [4.78, 5) is 20.2. The summed E-state index contributed by atoms with van der Waals surface area (Å²) in [5.41, 5.74) is 2.45. The van der Waals surface area contributed by atoms with Crippen molar-refractivity contribution in [3.8, 4) is 11.5 Å². The number of aromatic amines is 1. The van der Waals surface area contributed by atoms with Gasteiger partial charge in [0.25, 0.3) is 5.56 Å². The molecular weight excluding hydrogens is 332 g/mol. The smallest absolute Gasteiger partial charge is 0.298 e. The minimum atomic E-state index is -0.261. The highest BCUT2D eigenvalue weighted by Gasteiger charge is 2.10. The number of methoxy groups -OCH3 is 2. The van der Waals surface area contributed by atoms with Crippen molar-refractivity contribution in [1.29, 1.82) is 0 Å². The molecule has 0 unspecified atom stereocenters. The third kappa shape index (κ3) is 2.59. The number of hydrogen-bond acceptors (Lipinski definition) is 5. The maximum Gasteiger partial charge on any atom is 0.298 e. The number of H-pyrrole nitrogens is 1. The number of benzene rings is 2. The van der Waals surface area contributed by atoms with Crippen molar-refractivity contribution < 1.29 is 9.47 Å². The Morgan fingerprint density at radius 1 is 1.12 bits per heavy atom. The molecule has 7 heteroatoms. The van der Waals surface area contributed by atoms with Crippen LogP contribution < -0.4 is 15.0 Å². The Labute approximate surface area is 148 Å². The molecule has 4 rings (SSSR count). The SMILES string of the molecule is COc1ccc(C=Nn2cnc3c([nH]c4ccccc43)c2=O)cc1OC. The largest absolute Gasteiger partial charge is 0.493 e. The molecule has 0 saturated carbocycles. The number of aromatic nitrogens is 3. The van der Waals surface area contributed by atoms with Crippen LogP contribution in [0.1, 0.15) is 5.56 Å². The normalized spacial score (nSPS) is 11.5. The molecule has 1 N–H and O–H groups in total. The van der Waals surface area contributed by atoms with Gasteiger partial charge in [-0.15, -0.1) is 0 Å². The van der Waals surface area contributed by atoms with Crippen molar-refractivity contribution in [3.63, 3.8) is 0 Å². The molecule has 26 heavy (non-hydrogen) atoms. The molecule has 2 aromatic heterocycles. The van der Waals surface area contributed by atoms with E-state index < -0.39 is 0 Å². The summed E-state index contributed by atoms with van der Waals surface area (Å²) in [5, 5.41) is 5.14. The van der Waals surface area contributed by atoms with Crippen LogP contribution in [-0.4, -0.2) is 35.1 Å². The van der Waals surface area contributed by atoms with Crippen LogP contribution >= 0.6 is 0 Å². The fourth-order valence-corrected chi connectivity index (χ4v) is 2.84. The van der Waals surface area contributed by atoms with Crippen LogP contribution in [-0.2, 0) is 0 Å². The molecule has 0 atom stereocenters. The van der Waals surface area contributed by atoms with Gasteiger partial charge in [0.2, 0.25) is 0 Å². The molecule has 0 spiro atoms. The predicted molar refractivity (Wildman–Crippen MR) is 100 cm³/mol. The summed E-state index contributed by atoms with van der Waals surface area (Å²) in [6.07, 6.45) is 2.99. The second kappa shape index (κ2) is 6.36. The van der Waals surface area contributed by atoms with Gasteiger partial charge in [0, 0.05) is 10.9 Å². The van der Waals surface area contributed by atoms with E-state index in [4.69, 9.17) is 9.47 Å². The van der Waals surface area contributed by atoms with E-state index in [9.17, 15) is 4.79 Å².